The second-order valence-corrected chi connectivity index (χ2v) is 6.72. The van der Waals surface area contributed by atoms with Gasteiger partial charge in [0.05, 0.1) is 12.1 Å². The minimum absolute atomic E-state index is 0.146. The molecule has 0 spiro atoms. The van der Waals surface area contributed by atoms with E-state index >= 15 is 0 Å². The summed E-state index contributed by atoms with van der Waals surface area (Å²) >= 11 is 2.03. The van der Waals surface area contributed by atoms with Crippen molar-refractivity contribution in [3.8, 4) is 0 Å². The van der Waals surface area contributed by atoms with Gasteiger partial charge in [0.25, 0.3) is 0 Å². The van der Waals surface area contributed by atoms with Gasteiger partial charge in [0.1, 0.15) is 0 Å². The predicted molar refractivity (Wildman–Crippen MR) is 83.6 cm³/mol. The van der Waals surface area contributed by atoms with E-state index in [1.165, 1.54) is 37.7 Å². The number of benzene rings is 1. The number of thioether (sulfide) groups is 1. The van der Waals surface area contributed by atoms with Gasteiger partial charge in [-0.3, -0.25) is 0 Å². The monoisotopic (exact) mass is 279 g/mol. The van der Waals surface area contributed by atoms with E-state index in [4.69, 9.17) is 0 Å². The molecular formula is C16H25NOS. The van der Waals surface area contributed by atoms with Crippen LogP contribution in [0.3, 0.4) is 0 Å². The topological polar surface area (TPSA) is 32.3 Å². The first-order chi connectivity index (χ1) is 9.30. The molecule has 1 saturated carbocycles. The van der Waals surface area contributed by atoms with Gasteiger partial charge in [0, 0.05) is 11.0 Å². The predicted octanol–water partition coefficient (Wildman–Crippen LogP) is 3.16. The van der Waals surface area contributed by atoms with E-state index in [-0.39, 0.29) is 12.1 Å². The van der Waals surface area contributed by atoms with Crippen molar-refractivity contribution < 1.29 is 5.11 Å². The molecule has 3 heteroatoms. The Morgan fingerprint density at radius 2 is 1.89 bits per heavy atom. The Hall–Kier alpha value is -0.510. The lowest BCUT2D eigenvalue weighted by atomic mass is 9.93. The van der Waals surface area contributed by atoms with Gasteiger partial charge in [-0.05, 0) is 25.5 Å². The Bertz CT molecular complexity index is 358. The van der Waals surface area contributed by atoms with E-state index in [1.807, 2.05) is 37.0 Å². The molecule has 1 fully saturated rings. The zero-order valence-electron chi connectivity index (χ0n) is 11.8. The molecule has 1 atom stereocenters. The van der Waals surface area contributed by atoms with E-state index in [2.05, 4.69) is 17.4 Å². The summed E-state index contributed by atoms with van der Waals surface area (Å²) < 4.78 is 0. The standard InChI is InChI=1S/C16H25NOS/c1-17-16(12-18,14-8-4-2-5-9-14)13-19-15-10-6-3-7-11-15/h2,4-5,8-9,15,17-18H,3,6-7,10-13H2,1H3. The van der Waals surface area contributed by atoms with Crippen LogP contribution in [0.4, 0.5) is 0 Å². The average Bonchev–Trinajstić information content (AvgIpc) is 2.51. The third kappa shape index (κ3) is 3.74. The highest BCUT2D eigenvalue weighted by molar-refractivity contribution is 7.99. The Kier molecular flexibility index (Phi) is 5.74. The van der Waals surface area contributed by atoms with E-state index in [0.29, 0.717) is 0 Å². The van der Waals surface area contributed by atoms with Crippen molar-refractivity contribution in [2.75, 3.05) is 19.4 Å². The summed E-state index contributed by atoms with van der Waals surface area (Å²) in [5.74, 6) is 0.939. The van der Waals surface area contributed by atoms with Gasteiger partial charge >= 0.3 is 0 Å². The molecule has 1 aliphatic carbocycles. The molecule has 1 unspecified atom stereocenters. The third-order valence-electron chi connectivity index (χ3n) is 4.19. The van der Waals surface area contributed by atoms with E-state index < -0.39 is 0 Å². The Morgan fingerprint density at radius 1 is 1.21 bits per heavy atom. The van der Waals surface area contributed by atoms with Crippen molar-refractivity contribution in [2.24, 2.45) is 0 Å². The van der Waals surface area contributed by atoms with Crippen LogP contribution in [0, 0.1) is 0 Å². The summed E-state index contributed by atoms with van der Waals surface area (Å²) in [5, 5.41) is 14.0. The van der Waals surface area contributed by atoms with Crippen LogP contribution in [-0.4, -0.2) is 29.8 Å². The van der Waals surface area contributed by atoms with E-state index in [0.717, 1.165) is 11.0 Å². The van der Waals surface area contributed by atoms with Crippen LogP contribution in [0.25, 0.3) is 0 Å². The summed E-state index contributed by atoms with van der Waals surface area (Å²) in [6.45, 7) is 0.146. The number of rotatable bonds is 6. The van der Waals surface area contributed by atoms with Crippen molar-refractivity contribution in [1.29, 1.82) is 0 Å². The van der Waals surface area contributed by atoms with Crippen molar-refractivity contribution in [3.63, 3.8) is 0 Å². The highest BCUT2D eigenvalue weighted by Crippen LogP contribution is 2.33. The summed E-state index contributed by atoms with van der Waals surface area (Å²) in [7, 11) is 1.95. The van der Waals surface area contributed by atoms with Gasteiger partial charge in [-0.2, -0.15) is 11.8 Å². The molecule has 0 saturated heterocycles. The van der Waals surface area contributed by atoms with Crippen molar-refractivity contribution in [2.45, 2.75) is 42.9 Å². The molecule has 2 rings (SSSR count). The first-order valence-electron chi connectivity index (χ1n) is 7.27. The number of hydrogen-bond acceptors (Lipinski definition) is 3. The molecule has 0 aromatic heterocycles. The van der Waals surface area contributed by atoms with Gasteiger partial charge in [-0.1, -0.05) is 49.6 Å². The molecule has 2 nitrogen and oxygen atoms in total. The summed E-state index contributed by atoms with van der Waals surface area (Å²) in [6, 6.07) is 10.3. The van der Waals surface area contributed by atoms with Gasteiger partial charge in [-0.15, -0.1) is 0 Å². The van der Waals surface area contributed by atoms with Gasteiger partial charge in [-0.25, -0.2) is 0 Å². The summed E-state index contributed by atoms with van der Waals surface area (Å²) in [4.78, 5) is 0. The van der Waals surface area contributed by atoms with Crippen molar-refractivity contribution >= 4 is 11.8 Å². The molecule has 1 aromatic carbocycles. The molecule has 2 N–H and O–H groups in total. The Balaban J connectivity index is 2.02. The number of aliphatic hydroxyl groups is 1. The lowest BCUT2D eigenvalue weighted by molar-refractivity contribution is 0.187. The fourth-order valence-corrected chi connectivity index (χ4v) is 4.35. The Labute approximate surface area is 121 Å². The maximum atomic E-state index is 9.88. The zero-order chi connectivity index (χ0) is 13.6. The van der Waals surface area contributed by atoms with Gasteiger partial charge < -0.3 is 10.4 Å². The molecule has 1 aliphatic rings. The number of likely N-dealkylation sites (N-methyl/N-ethyl adjacent to an activating group) is 1. The molecule has 0 radical (unpaired) electrons. The fraction of sp³-hybridized carbons (Fsp3) is 0.625. The molecule has 0 bridgehead atoms. The largest absolute Gasteiger partial charge is 0.394 e. The number of aliphatic hydroxyl groups excluding tert-OH is 1. The fourth-order valence-electron chi connectivity index (χ4n) is 2.76. The average molecular weight is 279 g/mol. The maximum absolute atomic E-state index is 9.88. The SMILES string of the molecule is CNC(CO)(CSC1CCCCC1)c1ccccc1. The summed E-state index contributed by atoms with van der Waals surface area (Å²) in [5.41, 5.74) is 0.881. The quantitative estimate of drug-likeness (QED) is 0.839. The highest BCUT2D eigenvalue weighted by atomic mass is 32.2. The van der Waals surface area contributed by atoms with E-state index in [9.17, 15) is 5.11 Å². The Morgan fingerprint density at radius 3 is 2.47 bits per heavy atom. The maximum Gasteiger partial charge on any atom is 0.0758 e. The second-order valence-electron chi connectivity index (χ2n) is 5.43. The first-order valence-corrected chi connectivity index (χ1v) is 8.32. The minimum Gasteiger partial charge on any atom is -0.394 e. The third-order valence-corrected chi connectivity index (χ3v) is 5.79. The molecule has 0 heterocycles. The van der Waals surface area contributed by atoms with Crippen molar-refractivity contribution in [1.82, 2.24) is 5.32 Å². The molecule has 0 amide bonds. The van der Waals surface area contributed by atoms with E-state index in [1.54, 1.807) is 0 Å². The van der Waals surface area contributed by atoms with Crippen LogP contribution in [0.15, 0.2) is 30.3 Å². The summed E-state index contributed by atoms with van der Waals surface area (Å²) in [6.07, 6.45) is 6.81. The van der Waals surface area contributed by atoms with Crippen LogP contribution in [0.5, 0.6) is 0 Å². The second kappa shape index (κ2) is 7.32. The molecular weight excluding hydrogens is 254 g/mol. The minimum atomic E-state index is -0.302. The van der Waals surface area contributed by atoms with Crippen LogP contribution in [0.2, 0.25) is 0 Å². The van der Waals surface area contributed by atoms with Crippen LogP contribution in [-0.2, 0) is 5.54 Å². The highest BCUT2D eigenvalue weighted by Gasteiger charge is 2.31. The normalized spacial score (nSPS) is 20.1. The smallest absolute Gasteiger partial charge is 0.0758 e. The van der Waals surface area contributed by atoms with Gasteiger partial charge in [0.2, 0.25) is 0 Å². The molecule has 19 heavy (non-hydrogen) atoms. The van der Waals surface area contributed by atoms with Crippen molar-refractivity contribution in [3.05, 3.63) is 35.9 Å². The number of nitrogens with one attached hydrogen (secondary N) is 1. The lowest BCUT2D eigenvalue weighted by Gasteiger charge is -2.34. The lowest BCUT2D eigenvalue weighted by Crippen LogP contribution is -2.46. The molecule has 1 aromatic rings. The zero-order valence-corrected chi connectivity index (χ0v) is 12.6. The van der Waals surface area contributed by atoms with Crippen LogP contribution >= 0.6 is 11.8 Å². The van der Waals surface area contributed by atoms with Crippen LogP contribution in [0.1, 0.15) is 37.7 Å². The molecule has 106 valence electrons. The molecule has 0 aliphatic heterocycles. The first kappa shape index (κ1) is 14.9. The number of hydrogen-bond donors (Lipinski definition) is 2. The van der Waals surface area contributed by atoms with Crippen LogP contribution < -0.4 is 5.32 Å². The van der Waals surface area contributed by atoms with Gasteiger partial charge in [0.15, 0.2) is 0 Å².